The Morgan fingerprint density at radius 2 is 2.06 bits per heavy atom. The van der Waals surface area contributed by atoms with Crippen LogP contribution in [0, 0.1) is 6.92 Å². The maximum absolute atomic E-state index is 5.90. The molecule has 1 aromatic heterocycles. The lowest BCUT2D eigenvalue weighted by atomic mass is 10.2. The number of nitrogens with one attached hydrogen (secondary N) is 1. The van der Waals surface area contributed by atoms with Crippen LogP contribution in [0.15, 0.2) is 36.4 Å². The quantitative estimate of drug-likeness (QED) is 0.839. The summed E-state index contributed by atoms with van der Waals surface area (Å²) in [5, 5.41) is 3.67. The number of methoxy groups -OCH3 is 1. The number of hydrogen-bond donors (Lipinski definition) is 1. The Labute approximate surface area is 105 Å². The molecule has 0 bridgehead atoms. The summed E-state index contributed by atoms with van der Waals surface area (Å²) in [6.07, 6.45) is 0. The van der Waals surface area contributed by atoms with Gasteiger partial charge >= 0.3 is 0 Å². The molecule has 1 N–H and O–H groups in total. The summed E-state index contributed by atoms with van der Waals surface area (Å²) in [5.41, 5.74) is 1.98. The van der Waals surface area contributed by atoms with Gasteiger partial charge in [-0.2, -0.15) is 0 Å². The molecule has 4 heteroatoms. The second-order valence-electron chi connectivity index (χ2n) is 3.71. The van der Waals surface area contributed by atoms with Crippen LogP contribution in [0.3, 0.4) is 0 Å². The van der Waals surface area contributed by atoms with Crippen LogP contribution in [-0.2, 0) is 0 Å². The smallest absolute Gasteiger partial charge is 0.132 e. The summed E-state index contributed by atoms with van der Waals surface area (Å²) in [7, 11) is 1.64. The van der Waals surface area contributed by atoms with E-state index in [0.29, 0.717) is 5.15 Å². The number of ether oxygens (including phenoxy) is 1. The molecule has 0 unspecified atom stereocenters. The average molecular weight is 249 g/mol. The van der Waals surface area contributed by atoms with E-state index in [9.17, 15) is 0 Å². The molecule has 0 amide bonds. The lowest BCUT2D eigenvalue weighted by Crippen LogP contribution is -1.95. The molecule has 2 rings (SSSR count). The molecule has 0 aliphatic heterocycles. The number of halogens is 1. The van der Waals surface area contributed by atoms with Gasteiger partial charge in [0.05, 0.1) is 7.11 Å². The number of aromatic nitrogens is 1. The number of nitrogens with zero attached hydrogens (tertiary/aromatic N) is 1. The van der Waals surface area contributed by atoms with E-state index in [4.69, 9.17) is 16.3 Å². The standard InChI is InChI=1S/C13H13ClN2O/c1-9-6-12(14)16-13(7-9)15-10-4-3-5-11(8-10)17-2/h3-8H,1-2H3,(H,15,16). The van der Waals surface area contributed by atoms with E-state index in [0.717, 1.165) is 22.8 Å². The van der Waals surface area contributed by atoms with Crippen molar-refractivity contribution < 1.29 is 4.74 Å². The first-order valence-corrected chi connectivity index (χ1v) is 5.60. The molecule has 0 aliphatic rings. The van der Waals surface area contributed by atoms with Gasteiger partial charge in [0.1, 0.15) is 16.7 Å². The predicted molar refractivity (Wildman–Crippen MR) is 70.3 cm³/mol. The van der Waals surface area contributed by atoms with Gasteiger partial charge in [0.25, 0.3) is 0 Å². The molecule has 88 valence electrons. The summed E-state index contributed by atoms with van der Waals surface area (Å²) in [5.74, 6) is 1.53. The number of aryl methyl sites for hydroxylation is 1. The highest BCUT2D eigenvalue weighted by Gasteiger charge is 2.00. The first kappa shape index (κ1) is 11.7. The molecule has 0 saturated carbocycles. The first-order chi connectivity index (χ1) is 8.17. The Bertz CT molecular complexity index is 508. The van der Waals surface area contributed by atoms with E-state index >= 15 is 0 Å². The van der Waals surface area contributed by atoms with E-state index in [-0.39, 0.29) is 0 Å². The zero-order chi connectivity index (χ0) is 12.3. The number of pyridine rings is 1. The molecule has 0 atom stereocenters. The zero-order valence-electron chi connectivity index (χ0n) is 9.70. The Morgan fingerprint density at radius 1 is 1.24 bits per heavy atom. The number of benzene rings is 1. The molecular weight excluding hydrogens is 236 g/mol. The molecule has 0 radical (unpaired) electrons. The lowest BCUT2D eigenvalue weighted by Gasteiger charge is -2.08. The second-order valence-corrected chi connectivity index (χ2v) is 4.10. The molecule has 2 aromatic rings. The van der Waals surface area contributed by atoms with E-state index in [1.807, 2.05) is 43.3 Å². The van der Waals surface area contributed by atoms with Gasteiger partial charge in [0.2, 0.25) is 0 Å². The third kappa shape index (κ3) is 3.11. The fourth-order valence-corrected chi connectivity index (χ4v) is 1.80. The van der Waals surface area contributed by atoms with Crippen LogP contribution in [0.5, 0.6) is 5.75 Å². The SMILES string of the molecule is COc1cccc(Nc2cc(C)cc(Cl)n2)c1. The van der Waals surface area contributed by atoms with Gasteiger partial charge in [-0.05, 0) is 36.8 Å². The molecule has 3 nitrogen and oxygen atoms in total. The van der Waals surface area contributed by atoms with Crippen molar-refractivity contribution in [3.8, 4) is 5.75 Å². The van der Waals surface area contributed by atoms with Crippen molar-refractivity contribution in [1.29, 1.82) is 0 Å². The van der Waals surface area contributed by atoms with Crippen molar-refractivity contribution in [3.63, 3.8) is 0 Å². The molecule has 0 aliphatic carbocycles. The van der Waals surface area contributed by atoms with E-state index in [2.05, 4.69) is 10.3 Å². The summed E-state index contributed by atoms with van der Waals surface area (Å²) >= 11 is 5.90. The van der Waals surface area contributed by atoms with Crippen molar-refractivity contribution in [3.05, 3.63) is 47.1 Å². The molecular formula is C13H13ClN2O. The fraction of sp³-hybridized carbons (Fsp3) is 0.154. The largest absolute Gasteiger partial charge is 0.497 e. The van der Waals surface area contributed by atoms with Crippen molar-refractivity contribution in [2.45, 2.75) is 6.92 Å². The minimum atomic E-state index is 0.482. The van der Waals surface area contributed by atoms with Gasteiger partial charge in [-0.3, -0.25) is 0 Å². The number of hydrogen-bond acceptors (Lipinski definition) is 3. The van der Waals surface area contributed by atoms with Gasteiger partial charge in [-0.1, -0.05) is 17.7 Å². The monoisotopic (exact) mass is 248 g/mol. The van der Waals surface area contributed by atoms with Gasteiger partial charge in [0.15, 0.2) is 0 Å². The Balaban J connectivity index is 2.24. The van der Waals surface area contributed by atoms with Gasteiger partial charge < -0.3 is 10.1 Å². The Kier molecular flexibility index (Phi) is 3.49. The first-order valence-electron chi connectivity index (χ1n) is 5.22. The minimum Gasteiger partial charge on any atom is -0.497 e. The van der Waals surface area contributed by atoms with Crippen LogP contribution in [0.25, 0.3) is 0 Å². The van der Waals surface area contributed by atoms with E-state index in [1.54, 1.807) is 7.11 Å². The highest BCUT2D eigenvalue weighted by Crippen LogP contribution is 2.22. The van der Waals surface area contributed by atoms with Crippen molar-refractivity contribution in [2.75, 3.05) is 12.4 Å². The second kappa shape index (κ2) is 5.06. The summed E-state index contributed by atoms with van der Waals surface area (Å²) in [6.45, 7) is 1.98. The highest BCUT2D eigenvalue weighted by atomic mass is 35.5. The van der Waals surface area contributed by atoms with Crippen molar-refractivity contribution >= 4 is 23.1 Å². The lowest BCUT2D eigenvalue weighted by molar-refractivity contribution is 0.415. The molecule has 1 heterocycles. The summed E-state index contributed by atoms with van der Waals surface area (Å²) < 4.78 is 5.15. The molecule has 1 aromatic carbocycles. The third-order valence-electron chi connectivity index (χ3n) is 2.28. The number of anilines is 2. The zero-order valence-corrected chi connectivity index (χ0v) is 10.5. The molecule has 0 fully saturated rings. The maximum atomic E-state index is 5.90. The van der Waals surface area contributed by atoms with Crippen molar-refractivity contribution in [2.24, 2.45) is 0 Å². The van der Waals surface area contributed by atoms with E-state index in [1.165, 1.54) is 0 Å². The van der Waals surface area contributed by atoms with Crippen LogP contribution < -0.4 is 10.1 Å². The number of rotatable bonds is 3. The Hall–Kier alpha value is -1.74. The van der Waals surface area contributed by atoms with Gasteiger partial charge in [0, 0.05) is 11.8 Å². The van der Waals surface area contributed by atoms with E-state index < -0.39 is 0 Å². The summed E-state index contributed by atoms with van der Waals surface area (Å²) in [4.78, 5) is 4.20. The highest BCUT2D eigenvalue weighted by molar-refractivity contribution is 6.29. The van der Waals surface area contributed by atoms with Crippen LogP contribution >= 0.6 is 11.6 Å². The fourth-order valence-electron chi connectivity index (χ4n) is 1.54. The topological polar surface area (TPSA) is 34.1 Å². The van der Waals surface area contributed by atoms with Gasteiger partial charge in [-0.15, -0.1) is 0 Å². The average Bonchev–Trinajstić information content (AvgIpc) is 2.28. The van der Waals surface area contributed by atoms with Gasteiger partial charge in [-0.25, -0.2) is 4.98 Å². The van der Waals surface area contributed by atoms with Crippen molar-refractivity contribution in [1.82, 2.24) is 4.98 Å². The van der Waals surface area contributed by atoms with Crippen LogP contribution in [0.4, 0.5) is 11.5 Å². The van der Waals surface area contributed by atoms with Crippen LogP contribution in [0.2, 0.25) is 5.15 Å². The van der Waals surface area contributed by atoms with Crippen LogP contribution in [-0.4, -0.2) is 12.1 Å². The third-order valence-corrected chi connectivity index (χ3v) is 2.47. The molecule has 0 saturated heterocycles. The van der Waals surface area contributed by atoms with Crippen LogP contribution in [0.1, 0.15) is 5.56 Å². The summed E-state index contributed by atoms with van der Waals surface area (Å²) in [6, 6.07) is 11.4. The molecule has 17 heavy (non-hydrogen) atoms. The Morgan fingerprint density at radius 3 is 2.76 bits per heavy atom. The predicted octanol–water partition coefficient (Wildman–Crippen LogP) is 3.80. The minimum absolute atomic E-state index is 0.482. The maximum Gasteiger partial charge on any atom is 0.132 e. The normalized spacial score (nSPS) is 10.1. The molecule has 0 spiro atoms.